The first kappa shape index (κ1) is 19.9. The first-order valence-corrected chi connectivity index (χ1v) is 9.62. The molecule has 1 aliphatic rings. The van der Waals surface area contributed by atoms with Crippen molar-refractivity contribution in [3.63, 3.8) is 0 Å². The molecular weight excluding hydrogens is 356 g/mol. The van der Waals surface area contributed by atoms with Crippen LogP contribution in [0.4, 0.5) is 10.7 Å². The maximum atomic E-state index is 12.3. The summed E-state index contributed by atoms with van der Waals surface area (Å²) >= 11 is 0. The third-order valence-corrected chi connectivity index (χ3v) is 4.29. The molecule has 1 aliphatic heterocycles. The van der Waals surface area contributed by atoms with E-state index in [1.165, 1.54) is 0 Å². The molecule has 1 saturated heterocycles. The third-order valence-electron chi connectivity index (χ3n) is 4.29. The van der Waals surface area contributed by atoms with Gasteiger partial charge in [-0.2, -0.15) is 0 Å². The zero-order valence-electron chi connectivity index (χ0n) is 16.8. The number of rotatable bonds is 4. The molecule has 2 aromatic rings. The second kappa shape index (κ2) is 8.91. The Labute approximate surface area is 166 Å². The summed E-state index contributed by atoms with van der Waals surface area (Å²) in [5.41, 5.74) is 0.614. The van der Waals surface area contributed by atoms with E-state index in [0.29, 0.717) is 37.9 Å². The van der Waals surface area contributed by atoms with Crippen molar-refractivity contribution in [1.29, 1.82) is 0 Å². The van der Waals surface area contributed by atoms with Gasteiger partial charge in [0, 0.05) is 26.2 Å². The van der Waals surface area contributed by atoms with Gasteiger partial charge in [0.05, 0.1) is 12.4 Å². The van der Waals surface area contributed by atoms with Crippen LogP contribution in [0.15, 0.2) is 42.7 Å². The molecule has 0 atom stereocenters. The zero-order valence-corrected chi connectivity index (χ0v) is 16.8. The highest BCUT2D eigenvalue weighted by Crippen LogP contribution is 2.17. The third kappa shape index (κ3) is 5.84. The summed E-state index contributed by atoms with van der Waals surface area (Å²) in [5, 5.41) is 0. The van der Waals surface area contributed by atoms with Crippen LogP contribution in [0.25, 0.3) is 0 Å². The number of ether oxygens (including phenoxy) is 2. The molecule has 28 heavy (non-hydrogen) atoms. The van der Waals surface area contributed by atoms with E-state index in [1.807, 2.05) is 51.1 Å². The Balaban J connectivity index is 1.53. The molecule has 1 aromatic carbocycles. The van der Waals surface area contributed by atoms with Crippen molar-refractivity contribution in [3.8, 4) is 5.75 Å². The van der Waals surface area contributed by atoms with Gasteiger partial charge in [-0.3, -0.25) is 0 Å². The molecule has 1 amide bonds. The summed E-state index contributed by atoms with van der Waals surface area (Å²) in [5.74, 6) is 1.29. The number of amides is 1. The second-order valence-corrected chi connectivity index (χ2v) is 7.80. The van der Waals surface area contributed by atoms with E-state index in [-0.39, 0.29) is 6.09 Å². The fourth-order valence-corrected chi connectivity index (χ4v) is 2.91. The number of benzene rings is 1. The van der Waals surface area contributed by atoms with Gasteiger partial charge >= 0.3 is 6.09 Å². The molecule has 0 radical (unpaired) electrons. The van der Waals surface area contributed by atoms with Crippen LogP contribution in [-0.4, -0.2) is 52.7 Å². The van der Waals surface area contributed by atoms with E-state index in [4.69, 9.17) is 9.47 Å². The Hall–Kier alpha value is -2.83. The average Bonchev–Trinajstić information content (AvgIpc) is 2.93. The minimum absolute atomic E-state index is 0.264. The Kier molecular flexibility index (Phi) is 6.34. The minimum Gasteiger partial charge on any atom is -0.486 e. The fraction of sp³-hybridized carbons (Fsp3) is 0.476. The summed E-state index contributed by atoms with van der Waals surface area (Å²) in [7, 11) is 0. The maximum Gasteiger partial charge on any atom is 0.410 e. The van der Waals surface area contributed by atoms with Crippen LogP contribution in [0.2, 0.25) is 0 Å². The molecule has 0 bridgehead atoms. The van der Waals surface area contributed by atoms with Gasteiger partial charge in [0.25, 0.3) is 0 Å². The van der Waals surface area contributed by atoms with Crippen LogP contribution < -0.4 is 9.64 Å². The second-order valence-electron chi connectivity index (χ2n) is 7.80. The average molecular weight is 384 g/mol. The molecule has 2 heterocycles. The monoisotopic (exact) mass is 384 g/mol. The number of carbonyl (C=O) groups is 1. The van der Waals surface area contributed by atoms with Gasteiger partial charge in [-0.05, 0) is 32.8 Å². The van der Waals surface area contributed by atoms with Crippen LogP contribution in [-0.2, 0) is 11.3 Å². The van der Waals surface area contributed by atoms with Crippen LogP contribution in [0.5, 0.6) is 5.75 Å². The predicted octanol–water partition coefficient (Wildman–Crippen LogP) is 3.50. The lowest BCUT2D eigenvalue weighted by Crippen LogP contribution is -2.39. The van der Waals surface area contributed by atoms with Crippen molar-refractivity contribution in [2.45, 2.75) is 39.4 Å². The van der Waals surface area contributed by atoms with Crippen LogP contribution in [0.1, 0.15) is 32.8 Å². The molecule has 0 unspecified atom stereocenters. The van der Waals surface area contributed by atoms with E-state index in [9.17, 15) is 4.79 Å². The number of anilines is 1. The lowest BCUT2D eigenvalue weighted by molar-refractivity contribution is 0.0263. The first-order chi connectivity index (χ1) is 13.4. The van der Waals surface area contributed by atoms with Crippen molar-refractivity contribution in [2.75, 3.05) is 31.1 Å². The molecule has 7 heteroatoms. The zero-order chi connectivity index (χ0) is 20.0. The number of aromatic nitrogens is 2. The molecule has 1 fully saturated rings. The molecule has 1 aromatic heterocycles. The van der Waals surface area contributed by atoms with Gasteiger partial charge < -0.3 is 19.3 Å². The number of hydrogen-bond acceptors (Lipinski definition) is 6. The normalized spacial score (nSPS) is 15.1. The van der Waals surface area contributed by atoms with E-state index in [0.717, 1.165) is 18.5 Å². The lowest BCUT2D eigenvalue weighted by Gasteiger charge is -2.26. The molecule has 0 spiro atoms. The Morgan fingerprint density at radius 2 is 1.75 bits per heavy atom. The van der Waals surface area contributed by atoms with Gasteiger partial charge in [0.15, 0.2) is 5.75 Å². The molecule has 0 N–H and O–H groups in total. The van der Waals surface area contributed by atoms with E-state index >= 15 is 0 Å². The molecule has 0 saturated carbocycles. The maximum absolute atomic E-state index is 12.3. The van der Waals surface area contributed by atoms with E-state index in [1.54, 1.807) is 17.3 Å². The quantitative estimate of drug-likeness (QED) is 0.804. The van der Waals surface area contributed by atoms with Gasteiger partial charge in [0.2, 0.25) is 5.95 Å². The highest BCUT2D eigenvalue weighted by Gasteiger charge is 2.25. The number of nitrogens with zero attached hydrogens (tertiary/aromatic N) is 4. The Morgan fingerprint density at radius 1 is 1.04 bits per heavy atom. The van der Waals surface area contributed by atoms with Crippen molar-refractivity contribution in [1.82, 2.24) is 14.9 Å². The molecule has 7 nitrogen and oxygen atoms in total. The van der Waals surface area contributed by atoms with Crippen LogP contribution in [0, 0.1) is 0 Å². The fourth-order valence-electron chi connectivity index (χ4n) is 2.91. The number of carbonyl (C=O) groups excluding carboxylic acids is 1. The van der Waals surface area contributed by atoms with Gasteiger partial charge in [-0.15, -0.1) is 0 Å². The molecular formula is C21H28N4O3. The smallest absolute Gasteiger partial charge is 0.410 e. The Morgan fingerprint density at radius 3 is 2.43 bits per heavy atom. The molecule has 3 rings (SSSR count). The molecule has 150 valence electrons. The van der Waals surface area contributed by atoms with E-state index in [2.05, 4.69) is 14.9 Å². The van der Waals surface area contributed by atoms with Crippen LogP contribution in [0.3, 0.4) is 0 Å². The highest BCUT2D eigenvalue weighted by atomic mass is 16.6. The summed E-state index contributed by atoms with van der Waals surface area (Å²) in [6.07, 6.45) is 3.97. The number of hydrogen-bond donors (Lipinski definition) is 0. The Bertz CT molecular complexity index is 759. The molecule has 0 aliphatic carbocycles. The summed E-state index contributed by atoms with van der Waals surface area (Å²) in [4.78, 5) is 25.0. The van der Waals surface area contributed by atoms with Crippen molar-refractivity contribution < 1.29 is 14.3 Å². The summed E-state index contributed by atoms with van der Waals surface area (Å²) in [6.45, 7) is 8.85. The van der Waals surface area contributed by atoms with Crippen LogP contribution >= 0.6 is 0 Å². The highest BCUT2D eigenvalue weighted by molar-refractivity contribution is 5.68. The largest absolute Gasteiger partial charge is 0.486 e. The summed E-state index contributed by atoms with van der Waals surface area (Å²) in [6, 6.07) is 9.98. The SMILES string of the molecule is CC(C)(C)OC(=O)N1CCCN(c2ncc(OCc3ccccc3)cn2)CC1. The van der Waals surface area contributed by atoms with Crippen molar-refractivity contribution in [3.05, 3.63) is 48.3 Å². The van der Waals surface area contributed by atoms with Gasteiger partial charge in [-0.1, -0.05) is 30.3 Å². The van der Waals surface area contributed by atoms with Crippen molar-refractivity contribution in [2.24, 2.45) is 0 Å². The summed E-state index contributed by atoms with van der Waals surface area (Å²) < 4.78 is 11.2. The van der Waals surface area contributed by atoms with Crippen molar-refractivity contribution >= 4 is 12.0 Å². The first-order valence-electron chi connectivity index (χ1n) is 9.62. The van der Waals surface area contributed by atoms with Gasteiger partial charge in [-0.25, -0.2) is 14.8 Å². The van der Waals surface area contributed by atoms with E-state index < -0.39 is 5.60 Å². The standard InChI is InChI=1S/C21H28N4O3/c1-21(2,3)28-20(26)25-11-7-10-24(12-13-25)19-22-14-18(15-23-19)27-16-17-8-5-4-6-9-17/h4-6,8-9,14-15H,7,10-13,16H2,1-3H3. The minimum atomic E-state index is -0.484. The predicted molar refractivity (Wildman–Crippen MR) is 107 cm³/mol. The lowest BCUT2D eigenvalue weighted by atomic mass is 10.2. The topological polar surface area (TPSA) is 67.8 Å². The van der Waals surface area contributed by atoms with Gasteiger partial charge in [0.1, 0.15) is 12.2 Å².